The van der Waals surface area contributed by atoms with Crippen LogP contribution < -0.4 is 0 Å². The lowest BCUT2D eigenvalue weighted by molar-refractivity contribution is 0.172. The summed E-state index contributed by atoms with van der Waals surface area (Å²) < 4.78 is 0. The summed E-state index contributed by atoms with van der Waals surface area (Å²) in [5.41, 5.74) is 0. The van der Waals surface area contributed by atoms with E-state index in [1.807, 2.05) is 0 Å². The van der Waals surface area contributed by atoms with Crippen molar-refractivity contribution in [2.24, 2.45) is 5.92 Å². The second-order valence-electron chi connectivity index (χ2n) is 3.23. The third-order valence-electron chi connectivity index (χ3n) is 2.53. The van der Waals surface area contributed by atoms with Gasteiger partial charge in [-0.3, -0.25) is 4.90 Å². The standard InChI is InChI=1S/C8H13N/c1-9-6-7-2-4-8(9)5-3-7/h2,4,7-8H,3,5-6H2,1H3. The molecule has 2 atom stereocenters. The predicted octanol–water partition coefficient (Wildman–Crippen LogP) is 1.27. The van der Waals surface area contributed by atoms with Crippen molar-refractivity contribution in [1.29, 1.82) is 0 Å². The first kappa shape index (κ1) is 5.48. The van der Waals surface area contributed by atoms with E-state index in [1.54, 1.807) is 0 Å². The van der Waals surface area contributed by atoms with E-state index in [0.29, 0.717) is 0 Å². The van der Waals surface area contributed by atoms with Crippen LogP contribution in [0.1, 0.15) is 12.8 Å². The molecule has 0 spiro atoms. The largest absolute Gasteiger partial charge is 0.299 e. The fourth-order valence-corrected chi connectivity index (χ4v) is 1.89. The summed E-state index contributed by atoms with van der Waals surface area (Å²) in [5, 5.41) is 0. The van der Waals surface area contributed by atoms with Crippen molar-refractivity contribution in [3.63, 3.8) is 0 Å². The highest BCUT2D eigenvalue weighted by Crippen LogP contribution is 2.27. The lowest BCUT2D eigenvalue weighted by atomic mass is 9.87. The van der Waals surface area contributed by atoms with Crippen molar-refractivity contribution in [1.82, 2.24) is 4.90 Å². The first-order valence-electron chi connectivity index (χ1n) is 3.75. The molecule has 50 valence electrons. The van der Waals surface area contributed by atoms with Crippen LogP contribution in [-0.4, -0.2) is 24.5 Å². The summed E-state index contributed by atoms with van der Waals surface area (Å²) in [6.07, 6.45) is 7.55. The van der Waals surface area contributed by atoms with Gasteiger partial charge in [-0.2, -0.15) is 0 Å². The van der Waals surface area contributed by atoms with Crippen molar-refractivity contribution in [2.75, 3.05) is 13.6 Å². The lowest BCUT2D eigenvalue weighted by Crippen LogP contribution is -2.42. The molecule has 0 N–H and O–H groups in total. The third kappa shape index (κ3) is 0.799. The van der Waals surface area contributed by atoms with Gasteiger partial charge in [-0.05, 0) is 25.8 Å². The summed E-state index contributed by atoms with van der Waals surface area (Å²) in [5.74, 6) is 0.875. The van der Waals surface area contributed by atoms with Crippen molar-refractivity contribution in [3.05, 3.63) is 12.2 Å². The number of likely N-dealkylation sites (N-methyl/N-ethyl adjacent to an activating group) is 1. The molecule has 0 aromatic heterocycles. The first-order valence-corrected chi connectivity index (χ1v) is 3.75. The summed E-state index contributed by atoms with van der Waals surface area (Å²) in [4.78, 5) is 2.45. The smallest absolute Gasteiger partial charge is 0.0275 e. The highest BCUT2D eigenvalue weighted by molar-refractivity contribution is 5.07. The minimum atomic E-state index is 0.773. The highest BCUT2D eigenvalue weighted by Gasteiger charge is 2.26. The quantitative estimate of drug-likeness (QED) is 0.438. The molecule has 0 aromatic rings. The molecule has 0 saturated carbocycles. The summed E-state index contributed by atoms with van der Waals surface area (Å²) in [6.45, 7) is 1.29. The number of fused-ring (bicyclic) bond motifs is 2. The molecule has 0 radical (unpaired) electrons. The fourth-order valence-electron chi connectivity index (χ4n) is 1.89. The molecule has 2 aliphatic heterocycles. The van der Waals surface area contributed by atoms with Crippen molar-refractivity contribution < 1.29 is 0 Å². The van der Waals surface area contributed by atoms with Crippen LogP contribution in [0.15, 0.2) is 12.2 Å². The van der Waals surface area contributed by atoms with E-state index in [-0.39, 0.29) is 0 Å². The van der Waals surface area contributed by atoms with Crippen molar-refractivity contribution in [3.8, 4) is 0 Å². The van der Waals surface area contributed by atoms with Gasteiger partial charge in [-0.1, -0.05) is 12.2 Å². The van der Waals surface area contributed by atoms with Gasteiger partial charge in [0.25, 0.3) is 0 Å². The number of piperidine rings is 1. The highest BCUT2D eigenvalue weighted by atomic mass is 15.1. The van der Waals surface area contributed by atoms with Crippen LogP contribution >= 0.6 is 0 Å². The summed E-state index contributed by atoms with van der Waals surface area (Å²) in [6, 6.07) is 0.773. The maximum atomic E-state index is 2.45. The van der Waals surface area contributed by atoms with Crippen LogP contribution in [0.25, 0.3) is 0 Å². The molecule has 0 amide bonds. The minimum absolute atomic E-state index is 0.773. The van der Waals surface area contributed by atoms with Crippen molar-refractivity contribution in [2.45, 2.75) is 18.9 Å². The molecule has 1 nitrogen and oxygen atoms in total. The topological polar surface area (TPSA) is 3.24 Å². The van der Waals surface area contributed by atoms with E-state index in [0.717, 1.165) is 12.0 Å². The zero-order chi connectivity index (χ0) is 6.27. The Morgan fingerprint density at radius 3 is 2.44 bits per heavy atom. The van der Waals surface area contributed by atoms with Gasteiger partial charge < -0.3 is 0 Å². The molecule has 1 fully saturated rings. The van der Waals surface area contributed by atoms with E-state index >= 15 is 0 Å². The van der Waals surface area contributed by atoms with E-state index in [4.69, 9.17) is 0 Å². The second-order valence-corrected chi connectivity index (χ2v) is 3.23. The fraction of sp³-hybridized carbons (Fsp3) is 0.750. The Morgan fingerprint density at radius 2 is 2.22 bits per heavy atom. The monoisotopic (exact) mass is 123 g/mol. The van der Waals surface area contributed by atoms with Crippen LogP contribution in [0.2, 0.25) is 0 Å². The summed E-state index contributed by atoms with van der Waals surface area (Å²) in [7, 11) is 2.22. The molecule has 0 aromatic carbocycles. The van der Waals surface area contributed by atoms with Gasteiger partial charge in [-0.15, -0.1) is 0 Å². The van der Waals surface area contributed by atoms with E-state index in [9.17, 15) is 0 Å². The molecular formula is C8H13N. The van der Waals surface area contributed by atoms with Gasteiger partial charge in [0, 0.05) is 12.6 Å². The number of hydrogen-bond donors (Lipinski definition) is 0. The molecule has 2 heterocycles. The second kappa shape index (κ2) is 1.84. The Bertz CT molecular complexity index is 140. The van der Waals surface area contributed by atoms with Crippen LogP contribution in [0.4, 0.5) is 0 Å². The van der Waals surface area contributed by atoms with Gasteiger partial charge >= 0.3 is 0 Å². The Balaban J connectivity index is 2.20. The number of hydrogen-bond acceptors (Lipinski definition) is 1. The molecular weight excluding hydrogens is 110 g/mol. The molecule has 1 heteroatoms. The zero-order valence-electron chi connectivity index (χ0n) is 5.88. The normalized spacial score (nSPS) is 41.9. The van der Waals surface area contributed by atoms with Crippen LogP contribution in [0, 0.1) is 5.92 Å². The van der Waals surface area contributed by atoms with Crippen LogP contribution in [0.3, 0.4) is 0 Å². The first-order chi connectivity index (χ1) is 4.36. The Hall–Kier alpha value is -0.300. The van der Waals surface area contributed by atoms with Gasteiger partial charge in [0.15, 0.2) is 0 Å². The number of rotatable bonds is 0. The molecule has 1 saturated heterocycles. The Kier molecular flexibility index (Phi) is 1.12. The molecule has 1 aliphatic carbocycles. The average Bonchev–Trinajstić information content (AvgIpc) is 1.90. The maximum absolute atomic E-state index is 2.45. The minimum Gasteiger partial charge on any atom is -0.299 e. The predicted molar refractivity (Wildman–Crippen MR) is 38.3 cm³/mol. The maximum Gasteiger partial charge on any atom is 0.0275 e. The van der Waals surface area contributed by atoms with Gasteiger partial charge in [0.05, 0.1) is 0 Å². The third-order valence-corrected chi connectivity index (χ3v) is 2.53. The van der Waals surface area contributed by atoms with Gasteiger partial charge in [0.1, 0.15) is 0 Å². The lowest BCUT2D eigenvalue weighted by Gasteiger charge is -2.38. The summed E-state index contributed by atoms with van der Waals surface area (Å²) >= 11 is 0. The molecule has 9 heavy (non-hydrogen) atoms. The molecule has 2 bridgehead atoms. The van der Waals surface area contributed by atoms with Gasteiger partial charge in [0.2, 0.25) is 0 Å². The van der Waals surface area contributed by atoms with Gasteiger partial charge in [-0.25, -0.2) is 0 Å². The average molecular weight is 123 g/mol. The molecule has 2 unspecified atom stereocenters. The SMILES string of the molecule is CN1CC2C=CC1CC2. The van der Waals surface area contributed by atoms with Crippen molar-refractivity contribution >= 4 is 0 Å². The van der Waals surface area contributed by atoms with E-state index < -0.39 is 0 Å². The Labute approximate surface area is 56.4 Å². The Morgan fingerprint density at radius 1 is 1.33 bits per heavy atom. The molecule has 3 aliphatic rings. The van der Waals surface area contributed by atoms with E-state index in [2.05, 4.69) is 24.1 Å². The van der Waals surface area contributed by atoms with E-state index in [1.165, 1.54) is 19.4 Å². The van der Waals surface area contributed by atoms with Crippen LogP contribution in [0.5, 0.6) is 0 Å². The van der Waals surface area contributed by atoms with Crippen LogP contribution in [-0.2, 0) is 0 Å². The zero-order valence-corrected chi connectivity index (χ0v) is 5.88. The molecule has 3 rings (SSSR count). The number of nitrogens with zero attached hydrogens (tertiary/aromatic N) is 1.